The summed E-state index contributed by atoms with van der Waals surface area (Å²) in [4.78, 5) is 23.3. The molecule has 1 aromatic rings. The van der Waals surface area contributed by atoms with E-state index in [0.29, 0.717) is 16.5 Å². The SMILES string of the molecule is COc1ccc(Cl)cc1NC(=O)CCNC(=O)C(C)CN.Cl. The van der Waals surface area contributed by atoms with Crippen molar-refractivity contribution >= 4 is 41.5 Å². The Balaban J connectivity index is 0.00000441. The van der Waals surface area contributed by atoms with Gasteiger partial charge in [0.1, 0.15) is 5.75 Å². The summed E-state index contributed by atoms with van der Waals surface area (Å²) < 4.78 is 5.13. The van der Waals surface area contributed by atoms with Crippen LogP contribution in [-0.4, -0.2) is 32.0 Å². The molecule has 2 amide bonds. The predicted molar refractivity (Wildman–Crippen MR) is 89.7 cm³/mol. The molecule has 0 aromatic heterocycles. The van der Waals surface area contributed by atoms with Crippen LogP contribution in [-0.2, 0) is 9.59 Å². The highest BCUT2D eigenvalue weighted by molar-refractivity contribution is 6.31. The van der Waals surface area contributed by atoms with Crippen LogP contribution in [0.1, 0.15) is 13.3 Å². The van der Waals surface area contributed by atoms with E-state index >= 15 is 0 Å². The van der Waals surface area contributed by atoms with Gasteiger partial charge in [0, 0.05) is 30.5 Å². The number of anilines is 1. The predicted octanol–water partition coefficient (Wildman–Crippen LogP) is 1.81. The van der Waals surface area contributed by atoms with Crippen molar-refractivity contribution < 1.29 is 14.3 Å². The zero-order chi connectivity index (χ0) is 15.8. The van der Waals surface area contributed by atoms with Crippen LogP contribution in [0, 0.1) is 5.92 Å². The maximum atomic E-state index is 11.8. The van der Waals surface area contributed by atoms with E-state index in [2.05, 4.69) is 10.6 Å². The van der Waals surface area contributed by atoms with Crippen LogP contribution in [0.4, 0.5) is 5.69 Å². The smallest absolute Gasteiger partial charge is 0.226 e. The van der Waals surface area contributed by atoms with Crippen LogP contribution < -0.4 is 21.1 Å². The molecule has 0 fully saturated rings. The average Bonchev–Trinajstić information content (AvgIpc) is 2.46. The second kappa shape index (κ2) is 10.3. The highest BCUT2D eigenvalue weighted by Gasteiger charge is 2.12. The molecule has 0 bridgehead atoms. The molecule has 1 atom stereocenters. The molecule has 1 aromatic carbocycles. The lowest BCUT2D eigenvalue weighted by Gasteiger charge is -2.12. The second-order valence-electron chi connectivity index (χ2n) is 4.57. The number of carbonyl (C=O) groups excluding carboxylic acids is 2. The lowest BCUT2D eigenvalue weighted by atomic mass is 10.1. The van der Waals surface area contributed by atoms with E-state index in [4.69, 9.17) is 22.1 Å². The number of nitrogens with one attached hydrogen (secondary N) is 2. The first-order valence-electron chi connectivity index (χ1n) is 6.59. The number of hydrogen-bond donors (Lipinski definition) is 3. The number of amides is 2. The Hall–Kier alpha value is -1.50. The summed E-state index contributed by atoms with van der Waals surface area (Å²) in [6, 6.07) is 4.94. The summed E-state index contributed by atoms with van der Waals surface area (Å²) in [5.41, 5.74) is 5.88. The molecule has 0 aliphatic carbocycles. The topological polar surface area (TPSA) is 93.5 Å². The molecule has 0 spiro atoms. The Morgan fingerprint density at radius 3 is 2.68 bits per heavy atom. The van der Waals surface area contributed by atoms with Gasteiger partial charge in [-0.3, -0.25) is 9.59 Å². The summed E-state index contributed by atoms with van der Waals surface area (Å²) in [5, 5.41) is 5.84. The fourth-order valence-electron chi connectivity index (χ4n) is 1.57. The number of halogens is 2. The van der Waals surface area contributed by atoms with E-state index in [0.717, 1.165) is 0 Å². The van der Waals surface area contributed by atoms with Crippen molar-refractivity contribution in [1.29, 1.82) is 0 Å². The first kappa shape index (κ1) is 20.5. The molecule has 0 heterocycles. The third kappa shape index (κ3) is 6.51. The number of rotatable bonds is 7. The van der Waals surface area contributed by atoms with Gasteiger partial charge in [0.05, 0.1) is 12.8 Å². The zero-order valence-electron chi connectivity index (χ0n) is 12.5. The van der Waals surface area contributed by atoms with Crippen LogP contribution in [0.3, 0.4) is 0 Å². The average molecular weight is 350 g/mol. The van der Waals surface area contributed by atoms with Gasteiger partial charge >= 0.3 is 0 Å². The Morgan fingerprint density at radius 1 is 1.41 bits per heavy atom. The Bertz CT molecular complexity index is 512. The van der Waals surface area contributed by atoms with Crippen LogP contribution in [0.2, 0.25) is 5.02 Å². The van der Waals surface area contributed by atoms with Crippen molar-refractivity contribution in [3.05, 3.63) is 23.2 Å². The number of nitrogens with two attached hydrogens (primary N) is 1. The molecule has 8 heteroatoms. The quantitative estimate of drug-likeness (QED) is 0.699. The summed E-state index contributed by atoms with van der Waals surface area (Å²) >= 11 is 5.88. The van der Waals surface area contributed by atoms with Crippen molar-refractivity contribution in [1.82, 2.24) is 5.32 Å². The monoisotopic (exact) mass is 349 g/mol. The maximum Gasteiger partial charge on any atom is 0.226 e. The minimum Gasteiger partial charge on any atom is -0.495 e. The first-order chi connectivity index (χ1) is 9.97. The minimum atomic E-state index is -0.263. The van der Waals surface area contributed by atoms with Gasteiger partial charge in [-0.25, -0.2) is 0 Å². The molecule has 124 valence electrons. The van der Waals surface area contributed by atoms with E-state index in [1.807, 2.05) is 0 Å². The normalized spacial score (nSPS) is 11.1. The number of methoxy groups -OCH3 is 1. The molecular formula is C14H21Cl2N3O3. The van der Waals surface area contributed by atoms with Crippen molar-refractivity contribution in [3.8, 4) is 5.75 Å². The zero-order valence-corrected chi connectivity index (χ0v) is 14.1. The lowest BCUT2D eigenvalue weighted by Crippen LogP contribution is -2.35. The van der Waals surface area contributed by atoms with Gasteiger partial charge in [-0.15, -0.1) is 12.4 Å². The van der Waals surface area contributed by atoms with Gasteiger partial charge in [0.15, 0.2) is 0 Å². The van der Waals surface area contributed by atoms with Crippen LogP contribution in [0.25, 0.3) is 0 Å². The standard InChI is InChI=1S/C14H20ClN3O3.ClH/c1-9(8-16)14(20)17-6-5-13(19)18-11-7-10(15)3-4-12(11)21-2;/h3-4,7,9H,5-6,8,16H2,1-2H3,(H,17,20)(H,18,19);1H. The van der Waals surface area contributed by atoms with Crippen molar-refractivity contribution in [2.75, 3.05) is 25.5 Å². The molecule has 0 aliphatic rings. The number of ether oxygens (including phenoxy) is 1. The number of benzene rings is 1. The minimum absolute atomic E-state index is 0. The maximum absolute atomic E-state index is 11.8. The van der Waals surface area contributed by atoms with E-state index in [9.17, 15) is 9.59 Å². The van der Waals surface area contributed by atoms with Crippen LogP contribution >= 0.6 is 24.0 Å². The Kier molecular flexibility index (Phi) is 9.56. The summed E-state index contributed by atoms with van der Waals surface area (Å²) in [7, 11) is 1.51. The molecule has 1 rings (SSSR count). The highest BCUT2D eigenvalue weighted by Crippen LogP contribution is 2.27. The van der Waals surface area contributed by atoms with Gasteiger partial charge in [-0.2, -0.15) is 0 Å². The van der Waals surface area contributed by atoms with E-state index in [1.54, 1.807) is 25.1 Å². The van der Waals surface area contributed by atoms with E-state index in [1.165, 1.54) is 7.11 Å². The molecule has 6 nitrogen and oxygen atoms in total. The van der Waals surface area contributed by atoms with Gasteiger partial charge in [0.2, 0.25) is 11.8 Å². The van der Waals surface area contributed by atoms with Gasteiger partial charge in [-0.05, 0) is 18.2 Å². The molecule has 0 saturated heterocycles. The van der Waals surface area contributed by atoms with E-state index in [-0.39, 0.29) is 49.6 Å². The van der Waals surface area contributed by atoms with Gasteiger partial charge in [0.25, 0.3) is 0 Å². The third-order valence-electron chi connectivity index (χ3n) is 2.89. The van der Waals surface area contributed by atoms with Crippen LogP contribution in [0.5, 0.6) is 5.75 Å². The molecule has 0 saturated carbocycles. The fraction of sp³-hybridized carbons (Fsp3) is 0.429. The largest absolute Gasteiger partial charge is 0.495 e. The van der Waals surface area contributed by atoms with Crippen molar-refractivity contribution in [3.63, 3.8) is 0 Å². The number of carbonyl (C=O) groups is 2. The summed E-state index contributed by atoms with van der Waals surface area (Å²) in [5.74, 6) is -0.142. The molecule has 22 heavy (non-hydrogen) atoms. The fourth-order valence-corrected chi connectivity index (χ4v) is 1.74. The molecular weight excluding hydrogens is 329 g/mol. The molecule has 0 aliphatic heterocycles. The highest BCUT2D eigenvalue weighted by atomic mass is 35.5. The molecule has 1 unspecified atom stereocenters. The van der Waals surface area contributed by atoms with Gasteiger partial charge in [-0.1, -0.05) is 18.5 Å². The molecule has 4 N–H and O–H groups in total. The second-order valence-corrected chi connectivity index (χ2v) is 5.01. The van der Waals surface area contributed by atoms with Crippen molar-refractivity contribution in [2.24, 2.45) is 11.7 Å². The van der Waals surface area contributed by atoms with Crippen molar-refractivity contribution in [2.45, 2.75) is 13.3 Å². The van der Waals surface area contributed by atoms with Crippen LogP contribution in [0.15, 0.2) is 18.2 Å². The lowest BCUT2D eigenvalue weighted by molar-refractivity contribution is -0.124. The summed E-state index contributed by atoms with van der Waals surface area (Å²) in [6.45, 7) is 2.25. The van der Waals surface area contributed by atoms with Gasteiger partial charge < -0.3 is 21.1 Å². The van der Waals surface area contributed by atoms with E-state index < -0.39 is 0 Å². The molecule has 0 radical (unpaired) electrons. The third-order valence-corrected chi connectivity index (χ3v) is 3.12. The first-order valence-corrected chi connectivity index (χ1v) is 6.97. The number of hydrogen-bond acceptors (Lipinski definition) is 4. The Morgan fingerprint density at radius 2 is 2.09 bits per heavy atom. The summed E-state index contributed by atoms with van der Waals surface area (Å²) in [6.07, 6.45) is 0.151. The Labute approximate surface area is 141 Å².